The van der Waals surface area contributed by atoms with E-state index >= 15 is 0 Å². The van der Waals surface area contributed by atoms with Crippen LogP contribution in [-0.2, 0) is 16.1 Å². The summed E-state index contributed by atoms with van der Waals surface area (Å²) in [5.41, 5.74) is 3.26. The summed E-state index contributed by atoms with van der Waals surface area (Å²) in [6.45, 7) is 2.82. The first-order valence-electron chi connectivity index (χ1n) is 12.7. The van der Waals surface area contributed by atoms with Crippen molar-refractivity contribution in [3.63, 3.8) is 0 Å². The molecule has 188 valence electrons. The van der Waals surface area contributed by atoms with E-state index in [9.17, 15) is 14.7 Å². The fourth-order valence-electron chi connectivity index (χ4n) is 6.07. The van der Waals surface area contributed by atoms with E-state index in [0.717, 1.165) is 36.0 Å². The average molecular weight is 488 g/mol. The molecular formula is C30H33NO5. The number of carbonyl (C=O) groups excluding carboxylic acids is 2. The Morgan fingerprint density at radius 2 is 1.97 bits per heavy atom. The Balaban J connectivity index is 1.51. The first-order chi connectivity index (χ1) is 17.5. The summed E-state index contributed by atoms with van der Waals surface area (Å²) in [7, 11) is 1.61. The lowest BCUT2D eigenvalue weighted by Crippen LogP contribution is -2.56. The Morgan fingerprint density at radius 1 is 1.17 bits per heavy atom. The number of hydrogen-bond donors (Lipinski definition) is 2. The van der Waals surface area contributed by atoms with Gasteiger partial charge in [0.05, 0.1) is 5.92 Å². The Hall–Kier alpha value is -3.22. The van der Waals surface area contributed by atoms with Crippen molar-refractivity contribution in [2.45, 2.75) is 44.4 Å². The van der Waals surface area contributed by atoms with E-state index < -0.39 is 5.79 Å². The van der Waals surface area contributed by atoms with Crippen molar-refractivity contribution < 1.29 is 24.2 Å². The largest absolute Gasteiger partial charge is 0.458 e. The Labute approximate surface area is 212 Å². The maximum Gasteiger partial charge on any atom is 0.251 e. The highest BCUT2D eigenvalue weighted by Gasteiger charge is 2.57. The predicted molar refractivity (Wildman–Crippen MR) is 136 cm³/mol. The van der Waals surface area contributed by atoms with Crippen LogP contribution in [-0.4, -0.2) is 36.3 Å². The Morgan fingerprint density at radius 3 is 2.72 bits per heavy atom. The van der Waals surface area contributed by atoms with Gasteiger partial charge in [-0.2, -0.15) is 0 Å². The molecule has 0 fully saturated rings. The number of aliphatic hydroxyl groups is 1. The lowest BCUT2D eigenvalue weighted by atomic mass is 9.58. The number of carbonyl (C=O) groups is 2. The molecule has 2 aliphatic carbocycles. The number of fused-ring (bicyclic) bond motifs is 2. The summed E-state index contributed by atoms with van der Waals surface area (Å²) >= 11 is 0. The minimum atomic E-state index is -1.06. The van der Waals surface area contributed by atoms with Crippen molar-refractivity contribution in [1.29, 1.82) is 0 Å². The molecule has 1 heterocycles. The third-order valence-corrected chi connectivity index (χ3v) is 7.98. The summed E-state index contributed by atoms with van der Waals surface area (Å²) in [6.07, 6.45) is 7.91. The van der Waals surface area contributed by atoms with Crippen LogP contribution >= 0.6 is 0 Å². The molecule has 1 aliphatic heterocycles. The van der Waals surface area contributed by atoms with Crippen molar-refractivity contribution in [2.24, 2.45) is 17.8 Å². The van der Waals surface area contributed by atoms with Crippen LogP contribution in [0.5, 0.6) is 5.75 Å². The van der Waals surface area contributed by atoms with E-state index in [1.807, 2.05) is 42.5 Å². The van der Waals surface area contributed by atoms with Gasteiger partial charge in [-0.1, -0.05) is 49.8 Å². The van der Waals surface area contributed by atoms with E-state index in [2.05, 4.69) is 18.3 Å². The summed E-state index contributed by atoms with van der Waals surface area (Å²) < 4.78 is 12.4. The number of ketones is 1. The number of amides is 1. The molecule has 36 heavy (non-hydrogen) atoms. The monoisotopic (exact) mass is 487 g/mol. The average Bonchev–Trinajstić information content (AvgIpc) is 2.91. The minimum Gasteiger partial charge on any atom is -0.458 e. The Bertz CT molecular complexity index is 1200. The standard InChI is InChI=1S/C30H33NO5/c1-19-21(10-6-7-15-32)16-23-25(33)13-14-30(35-2)28(23)27(19)24-17-22(11-12-26(24)36-30)29(34)31-18-20-8-4-3-5-9-20/h3-5,8-9,11-14,16-17,19,21,27-28,32H,6-7,10,15,18H2,1-2H3,(H,31,34)/t19-,21?,27-,28-,30-/m1/s1. The molecule has 0 saturated heterocycles. The molecule has 0 spiro atoms. The van der Waals surface area contributed by atoms with Crippen LogP contribution in [0.2, 0.25) is 0 Å². The number of methoxy groups -OCH3 is 1. The summed E-state index contributed by atoms with van der Waals surface area (Å²) in [6, 6.07) is 15.4. The van der Waals surface area contributed by atoms with Crippen molar-refractivity contribution in [2.75, 3.05) is 13.7 Å². The molecule has 1 unspecified atom stereocenters. The highest BCUT2D eigenvalue weighted by atomic mass is 16.7. The third kappa shape index (κ3) is 4.29. The fraction of sp³-hybridized carbons (Fsp3) is 0.400. The number of allylic oxidation sites excluding steroid dienone is 2. The van der Waals surface area contributed by atoms with Gasteiger partial charge in [0.2, 0.25) is 5.79 Å². The van der Waals surface area contributed by atoms with E-state index in [4.69, 9.17) is 9.47 Å². The zero-order chi connectivity index (χ0) is 25.3. The number of unbranched alkanes of at least 4 members (excludes halogenated alkanes) is 1. The summed E-state index contributed by atoms with van der Waals surface area (Å²) in [4.78, 5) is 26.1. The molecule has 6 heteroatoms. The normalized spacial score (nSPS) is 28.0. The van der Waals surface area contributed by atoms with Gasteiger partial charge in [0, 0.05) is 37.3 Å². The number of aliphatic hydroxyl groups excluding tert-OH is 1. The Kier molecular flexibility index (Phi) is 6.82. The number of nitrogens with one attached hydrogen (secondary N) is 1. The number of hydrogen-bond acceptors (Lipinski definition) is 5. The van der Waals surface area contributed by atoms with Gasteiger partial charge in [-0.05, 0) is 66.2 Å². The molecule has 6 nitrogen and oxygen atoms in total. The predicted octanol–water partition coefficient (Wildman–Crippen LogP) is 4.55. The summed E-state index contributed by atoms with van der Waals surface area (Å²) in [5, 5.41) is 12.3. The molecule has 2 aromatic carbocycles. The SMILES string of the molecule is CO[C@]12C=CC(=O)C3=CC(CCCCO)[C@@H](C)[C@H](c4cc(C(=O)NCc5ccccc5)ccc4O1)[C@@H]32. The highest BCUT2D eigenvalue weighted by Crippen LogP contribution is 2.58. The van der Waals surface area contributed by atoms with Crippen LogP contribution in [0.1, 0.15) is 53.6 Å². The van der Waals surface area contributed by atoms with Crippen molar-refractivity contribution in [1.82, 2.24) is 5.32 Å². The first-order valence-corrected chi connectivity index (χ1v) is 12.7. The van der Waals surface area contributed by atoms with Crippen molar-refractivity contribution in [3.05, 3.63) is 89.0 Å². The molecule has 0 saturated carbocycles. The number of ether oxygens (including phenoxy) is 2. The quantitative estimate of drug-likeness (QED) is 0.534. The van der Waals surface area contributed by atoms with Crippen LogP contribution in [0.4, 0.5) is 0 Å². The lowest BCUT2D eigenvalue weighted by molar-refractivity contribution is -0.179. The molecule has 2 aromatic rings. The second-order valence-corrected chi connectivity index (χ2v) is 10.0. The number of benzene rings is 2. The van der Waals surface area contributed by atoms with E-state index in [0.29, 0.717) is 17.9 Å². The van der Waals surface area contributed by atoms with Crippen molar-refractivity contribution >= 4 is 11.7 Å². The van der Waals surface area contributed by atoms with Gasteiger partial charge in [-0.25, -0.2) is 0 Å². The molecule has 0 bridgehead atoms. The van der Waals surface area contributed by atoms with E-state index in [1.54, 1.807) is 25.3 Å². The second-order valence-electron chi connectivity index (χ2n) is 10.0. The molecule has 3 aliphatic rings. The van der Waals surface area contributed by atoms with Crippen LogP contribution < -0.4 is 10.1 Å². The van der Waals surface area contributed by atoms with Crippen LogP contribution in [0.15, 0.2) is 72.3 Å². The molecule has 5 atom stereocenters. The highest BCUT2D eigenvalue weighted by molar-refractivity contribution is 6.06. The van der Waals surface area contributed by atoms with Gasteiger partial charge >= 0.3 is 0 Å². The van der Waals surface area contributed by atoms with Crippen LogP contribution in [0, 0.1) is 17.8 Å². The van der Waals surface area contributed by atoms with Gasteiger partial charge in [-0.3, -0.25) is 9.59 Å². The van der Waals surface area contributed by atoms with Gasteiger partial charge in [0.25, 0.3) is 5.91 Å². The molecular weight excluding hydrogens is 454 g/mol. The smallest absolute Gasteiger partial charge is 0.251 e. The van der Waals surface area contributed by atoms with E-state index in [1.165, 1.54) is 0 Å². The van der Waals surface area contributed by atoms with Crippen LogP contribution in [0.25, 0.3) is 0 Å². The molecule has 0 aromatic heterocycles. The van der Waals surface area contributed by atoms with Crippen LogP contribution in [0.3, 0.4) is 0 Å². The second kappa shape index (κ2) is 10.0. The van der Waals surface area contributed by atoms with Crippen molar-refractivity contribution in [3.8, 4) is 5.75 Å². The first kappa shape index (κ1) is 24.5. The molecule has 5 rings (SSSR count). The topological polar surface area (TPSA) is 84.9 Å². The summed E-state index contributed by atoms with van der Waals surface area (Å²) in [5.74, 6) is -0.513. The van der Waals surface area contributed by atoms with E-state index in [-0.39, 0.29) is 42.0 Å². The fourth-order valence-corrected chi connectivity index (χ4v) is 6.07. The maximum atomic E-state index is 13.1. The number of rotatable bonds is 8. The maximum absolute atomic E-state index is 13.1. The minimum absolute atomic E-state index is 0.0134. The zero-order valence-electron chi connectivity index (χ0n) is 20.8. The van der Waals surface area contributed by atoms with Gasteiger partial charge < -0.3 is 19.9 Å². The zero-order valence-corrected chi connectivity index (χ0v) is 20.8. The van der Waals surface area contributed by atoms with Gasteiger partial charge in [-0.15, -0.1) is 0 Å². The molecule has 1 amide bonds. The lowest BCUT2D eigenvalue weighted by Gasteiger charge is -2.53. The molecule has 2 N–H and O–H groups in total. The third-order valence-electron chi connectivity index (χ3n) is 7.98. The van der Waals surface area contributed by atoms with Gasteiger partial charge in [0.1, 0.15) is 5.75 Å². The molecule has 0 radical (unpaired) electrons. The van der Waals surface area contributed by atoms with Gasteiger partial charge in [0.15, 0.2) is 5.78 Å².